The Labute approximate surface area is 115 Å². The summed E-state index contributed by atoms with van der Waals surface area (Å²) in [5.74, 6) is -1.12. The van der Waals surface area contributed by atoms with Crippen molar-refractivity contribution in [2.75, 3.05) is 6.54 Å². The van der Waals surface area contributed by atoms with Crippen LogP contribution in [0.3, 0.4) is 0 Å². The average molecular weight is 306 g/mol. The highest BCUT2D eigenvalue weighted by atomic mass is 32.2. The molecule has 9 heteroatoms. The SMILES string of the molecule is CCC(C)(O)CNS(=O)(=O)c1ccc(F)c([N+](=O)[O-])c1. The van der Waals surface area contributed by atoms with Gasteiger partial charge in [-0.05, 0) is 25.5 Å². The number of nitro benzene ring substituents is 1. The summed E-state index contributed by atoms with van der Waals surface area (Å²) in [6.07, 6.45) is 0.319. The van der Waals surface area contributed by atoms with Crippen LogP contribution in [0, 0.1) is 15.9 Å². The van der Waals surface area contributed by atoms with E-state index in [-0.39, 0.29) is 6.54 Å². The number of hydrogen-bond acceptors (Lipinski definition) is 5. The molecule has 0 aliphatic rings. The molecule has 0 fully saturated rings. The van der Waals surface area contributed by atoms with Crippen molar-refractivity contribution in [2.24, 2.45) is 0 Å². The van der Waals surface area contributed by atoms with E-state index in [1.807, 2.05) is 0 Å². The number of nitro groups is 1. The van der Waals surface area contributed by atoms with Crippen LogP contribution in [0.4, 0.5) is 10.1 Å². The molecular formula is C11H15FN2O5S. The van der Waals surface area contributed by atoms with Gasteiger partial charge in [0.1, 0.15) is 0 Å². The van der Waals surface area contributed by atoms with Crippen molar-refractivity contribution >= 4 is 15.7 Å². The van der Waals surface area contributed by atoms with Crippen molar-refractivity contribution in [1.29, 1.82) is 0 Å². The predicted octanol–water partition coefficient (Wildman–Crippen LogP) is 1.17. The van der Waals surface area contributed by atoms with E-state index in [9.17, 15) is 28.0 Å². The number of nitrogens with zero attached hydrogens (tertiary/aromatic N) is 1. The summed E-state index contributed by atoms with van der Waals surface area (Å²) in [5.41, 5.74) is -2.16. The molecular weight excluding hydrogens is 291 g/mol. The van der Waals surface area contributed by atoms with Gasteiger partial charge in [-0.2, -0.15) is 4.39 Å². The number of aliphatic hydroxyl groups is 1. The number of benzene rings is 1. The lowest BCUT2D eigenvalue weighted by molar-refractivity contribution is -0.387. The van der Waals surface area contributed by atoms with Crippen molar-refractivity contribution in [3.63, 3.8) is 0 Å². The molecule has 20 heavy (non-hydrogen) atoms. The monoisotopic (exact) mass is 306 g/mol. The van der Waals surface area contributed by atoms with Crippen molar-refractivity contribution in [3.05, 3.63) is 34.1 Å². The van der Waals surface area contributed by atoms with Crippen LogP contribution in [0.15, 0.2) is 23.1 Å². The highest BCUT2D eigenvalue weighted by Crippen LogP contribution is 2.21. The zero-order valence-corrected chi connectivity index (χ0v) is 11.8. The third kappa shape index (κ3) is 3.95. The molecule has 0 aromatic heterocycles. The van der Waals surface area contributed by atoms with Gasteiger partial charge in [-0.3, -0.25) is 10.1 Å². The molecule has 0 aliphatic heterocycles. The van der Waals surface area contributed by atoms with Crippen LogP contribution in [-0.2, 0) is 10.0 Å². The fraction of sp³-hybridized carbons (Fsp3) is 0.455. The van der Waals surface area contributed by atoms with Crippen LogP contribution >= 0.6 is 0 Å². The van der Waals surface area contributed by atoms with Crippen LogP contribution in [-0.4, -0.2) is 30.6 Å². The Balaban J connectivity index is 3.05. The van der Waals surface area contributed by atoms with E-state index < -0.39 is 36.9 Å². The maximum atomic E-state index is 13.1. The molecule has 0 amide bonds. The van der Waals surface area contributed by atoms with Crippen LogP contribution in [0.5, 0.6) is 0 Å². The minimum atomic E-state index is -4.06. The molecule has 1 aromatic carbocycles. The standard InChI is InChI=1S/C11H15FN2O5S/c1-3-11(2,15)7-13-20(18,19)8-4-5-9(12)10(6-8)14(16)17/h4-6,13,15H,3,7H2,1-2H3. The molecule has 0 radical (unpaired) electrons. The van der Waals surface area contributed by atoms with Gasteiger partial charge in [0.15, 0.2) is 0 Å². The molecule has 1 rings (SSSR count). The van der Waals surface area contributed by atoms with E-state index in [0.717, 1.165) is 6.07 Å². The molecule has 0 spiro atoms. The average Bonchev–Trinajstić information content (AvgIpc) is 2.36. The van der Waals surface area contributed by atoms with Gasteiger partial charge in [0.25, 0.3) is 0 Å². The van der Waals surface area contributed by atoms with Crippen molar-refractivity contribution in [3.8, 4) is 0 Å². The molecule has 1 aromatic rings. The summed E-state index contributed by atoms with van der Waals surface area (Å²) in [5, 5.41) is 20.3. The minimum Gasteiger partial charge on any atom is -0.389 e. The van der Waals surface area contributed by atoms with Gasteiger partial charge in [-0.1, -0.05) is 6.92 Å². The third-order valence-electron chi connectivity index (χ3n) is 2.83. The normalized spacial score (nSPS) is 14.8. The van der Waals surface area contributed by atoms with Gasteiger partial charge in [-0.15, -0.1) is 0 Å². The van der Waals surface area contributed by atoms with Gasteiger partial charge in [0, 0.05) is 12.6 Å². The molecule has 0 aliphatic carbocycles. The summed E-state index contributed by atoms with van der Waals surface area (Å²) in [7, 11) is -4.06. The first-order valence-electron chi connectivity index (χ1n) is 5.75. The molecule has 112 valence electrons. The maximum Gasteiger partial charge on any atom is 0.306 e. The Kier molecular flexibility index (Phi) is 4.79. The van der Waals surface area contributed by atoms with Gasteiger partial charge in [-0.25, -0.2) is 13.1 Å². The third-order valence-corrected chi connectivity index (χ3v) is 4.23. The van der Waals surface area contributed by atoms with E-state index in [4.69, 9.17) is 0 Å². The zero-order chi connectivity index (χ0) is 15.6. The molecule has 2 N–H and O–H groups in total. The van der Waals surface area contributed by atoms with Gasteiger partial charge < -0.3 is 5.11 Å². The lowest BCUT2D eigenvalue weighted by Crippen LogP contribution is -2.40. The number of sulfonamides is 1. The highest BCUT2D eigenvalue weighted by Gasteiger charge is 2.25. The Morgan fingerprint density at radius 1 is 1.50 bits per heavy atom. The molecule has 1 unspecified atom stereocenters. The number of nitrogens with one attached hydrogen (secondary N) is 1. The Morgan fingerprint density at radius 2 is 2.10 bits per heavy atom. The van der Waals surface area contributed by atoms with Gasteiger partial charge >= 0.3 is 5.69 Å². The first-order chi connectivity index (χ1) is 9.09. The maximum absolute atomic E-state index is 13.1. The Bertz CT molecular complexity index is 615. The minimum absolute atomic E-state index is 0.253. The summed E-state index contributed by atoms with van der Waals surface area (Å²) in [4.78, 5) is 9.14. The lowest BCUT2D eigenvalue weighted by Gasteiger charge is -2.21. The highest BCUT2D eigenvalue weighted by molar-refractivity contribution is 7.89. The van der Waals surface area contributed by atoms with Crippen molar-refractivity contribution in [1.82, 2.24) is 4.72 Å². The Morgan fingerprint density at radius 3 is 2.60 bits per heavy atom. The Hall–Kier alpha value is -1.58. The predicted molar refractivity (Wildman–Crippen MR) is 69.2 cm³/mol. The second-order valence-corrected chi connectivity index (χ2v) is 6.31. The molecule has 7 nitrogen and oxygen atoms in total. The second-order valence-electron chi connectivity index (χ2n) is 4.55. The zero-order valence-electron chi connectivity index (χ0n) is 11.0. The first-order valence-corrected chi connectivity index (χ1v) is 7.23. The largest absolute Gasteiger partial charge is 0.389 e. The smallest absolute Gasteiger partial charge is 0.306 e. The molecule has 0 saturated carbocycles. The molecule has 0 saturated heterocycles. The van der Waals surface area contributed by atoms with E-state index >= 15 is 0 Å². The van der Waals surface area contributed by atoms with Crippen LogP contribution in [0.25, 0.3) is 0 Å². The topological polar surface area (TPSA) is 110 Å². The number of rotatable bonds is 6. The molecule has 1 atom stereocenters. The van der Waals surface area contributed by atoms with E-state index in [2.05, 4.69) is 4.72 Å². The van der Waals surface area contributed by atoms with Crippen molar-refractivity contribution in [2.45, 2.75) is 30.8 Å². The first kappa shape index (κ1) is 16.5. The second kappa shape index (κ2) is 5.81. The van der Waals surface area contributed by atoms with Crippen LogP contribution < -0.4 is 4.72 Å². The quantitative estimate of drug-likeness (QED) is 0.605. The number of halogens is 1. The fourth-order valence-electron chi connectivity index (χ4n) is 1.26. The van der Waals surface area contributed by atoms with Gasteiger partial charge in [0.2, 0.25) is 15.8 Å². The van der Waals surface area contributed by atoms with Crippen LogP contribution in [0.2, 0.25) is 0 Å². The van der Waals surface area contributed by atoms with E-state index in [1.165, 1.54) is 6.92 Å². The summed E-state index contributed by atoms with van der Waals surface area (Å²) in [6.45, 7) is 2.87. The number of hydrogen-bond donors (Lipinski definition) is 2. The summed E-state index contributed by atoms with van der Waals surface area (Å²) >= 11 is 0. The van der Waals surface area contributed by atoms with Crippen LogP contribution in [0.1, 0.15) is 20.3 Å². The lowest BCUT2D eigenvalue weighted by atomic mass is 10.1. The van der Waals surface area contributed by atoms with Gasteiger partial charge in [0.05, 0.1) is 15.4 Å². The van der Waals surface area contributed by atoms with E-state index in [0.29, 0.717) is 18.6 Å². The van der Waals surface area contributed by atoms with Crippen molar-refractivity contribution < 1.29 is 22.8 Å². The summed E-state index contributed by atoms with van der Waals surface area (Å²) < 4.78 is 39.1. The molecule has 0 heterocycles. The summed E-state index contributed by atoms with van der Waals surface area (Å²) in [6, 6.07) is 2.27. The fourth-order valence-corrected chi connectivity index (χ4v) is 2.44. The van der Waals surface area contributed by atoms with E-state index in [1.54, 1.807) is 6.92 Å². The molecule has 0 bridgehead atoms.